The highest BCUT2D eigenvalue weighted by atomic mass is 32.2. The van der Waals surface area contributed by atoms with Gasteiger partial charge in [-0.1, -0.05) is 6.92 Å². The largest absolute Gasteiger partial charge is 0.494 e. The second kappa shape index (κ2) is 9.20. The summed E-state index contributed by atoms with van der Waals surface area (Å²) in [4.78, 5) is 12.0. The smallest absolute Gasteiger partial charge is 0.251 e. The van der Waals surface area contributed by atoms with Gasteiger partial charge in [0.1, 0.15) is 11.5 Å². The summed E-state index contributed by atoms with van der Waals surface area (Å²) in [5.41, 5.74) is 0.653. The van der Waals surface area contributed by atoms with Crippen LogP contribution in [0.25, 0.3) is 0 Å². The number of carbonyl (C=O) groups is 1. The van der Waals surface area contributed by atoms with Gasteiger partial charge in [-0.15, -0.1) is 0 Å². The van der Waals surface area contributed by atoms with Crippen molar-refractivity contribution in [2.75, 3.05) is 18.9 Å². The fourth-order valence-corrected chi connectivity index (χ4v) is 2.58. The number of hydrogen-bond acceptors (Lipinski definition) is 4. The molecule has 0 atom stereocenters. The van der Waals surface area contributed by atoms with Crippen molar-refractivity contribution in [3.63, 3.8) is 0 Å². The normalized spacial score (nSPS) is 10.4. The Balaban J connectivity index is 1.66. The molecule has 0 fully saturated rings. The number of carbonyl (C=O) groups excluding carboxylic acids is 1. The number of furan rings is 1. The molecule has 0 unspecified atom stereocenters. The molecule has 22 heavy (non-hydrogen) atoms. The Labute approximate surface area is 135 Å². The maximum Gasteiger partial charge on any atom is 0.251 e. The number of ether oxygens (including phenoxy) is 1. The highest BCUT2D eigenvalue weighted by Gasteiger charge is 2.05. The molecule has 0 saturated heterocycles. The van der Waals surface area contributed by atoms with Crippen LogP contribution in [0.3, 0.4) is 0 Å². The predicted octanol–water partition coefficient (Wildman–Crippen LogP) is 3.73. The Hall–Kier alpha value is -1.88. The van der Waals surface area contributed by atoms with E-state index >= 15 is 0 Å². The summed E-state index contributed by atoms with van der Waals surface area (Å²) in [6.45, 7) is 3.39. The summed E-state index contributed by atoms with van der Waals surface area (Å²) in [6, 6.07) is 11.1. The first-order chi connectivity index (χ1) is 10.8. The van der Waals surface area contributed by atoms with Gasteiger partial charge < -0.3 is 14.5 Å². The number of nitrogens with one attached hydrogen (secondary N) is 1. The van der Waals surface area contributed by atoms with Gasteiger partial charge in [0.2, 0.25) is 0 Å². The van der Waals surface area contributed by atoms with Crippen LogP contribution in [0, 0.1) is 0 Å². The quantitative estimate of drug-likeness (QED) is 0.716. The molecule has 1 amide bonds. The van der Waals surface area contributed by atoms with E-state index in [2.05, 4.69) is 12.2 Å². The molecule has 118 valence electrons. The van der Waals surface area contributed by atoms with E-state index in [4.69, 9.17) is 9.15 Å². The van der Waals surface area contributed by atoms with Crippen molar-refractivity contribution in [1.29, 1.82) is 0 Å². The number of rotatable bonds is 9. The topological polar surface area (TPSA) is 51.5 Å². The molecule has 1 aromatic carbocycles. The number of benzene rings is 1. The lowest BCUT2D eigenvalue weighted by Gasteiger charge is -2.07. The first-order valence-corrected chi connectivity index (χ1v) is 8.56. The zero-order chi connectivity index (χ0) is 15.6. The van der Waals surface area contributed by atoms with Crippen molar-refractivity contribution in [2.24, 2.45) is 0 Å². The van der Waals surface area contributed by atoms with Crippen molar-refractivity contribution in [3.05, 3.63) is 54.0 Å². The van der Waals surface area contributed by atoms with Crippen LogP contribution in [0.5, 0.6) is 5.75 Å². The zero-order valence-electron chi connectivity index (χ0n) is 12.7. The van der Waals surface area contributed by atoms with Crippen molar-refractivity contribution in [2.45, 2.75) is 19.1 Å². The van der Waals surface area contributed by atoms with E-state index < -0.39 is 0 Å². The molecular weight excluding hydrogens is 298 g/mol. The predicted molar refractivity (Wildman–Crippen MR) is 89.4 cm³/mol. The van der Waals surface area contributed by atoms with Crippen LogP contribution < -0.4 is 10.1 Å². The molecule has 2 rings (SSSR count). The third-order valence-corrected chi connectivity index (χ3v) is 3.93. The summed E-state index contributed by atoms with van der Waals surface area (Å²) >= 11 is 1.73. The van der Waals surface area contributed by atoms with Crippen LogP contribution in [0.1, 0.15) is 29.5 Å². The summed E-state index contributed by atoms with van der Waals surface area (Å²) in [5.74, 6) is 3.38. The van der Waals surface area contributed by atoms with Gasteiger partial charge in [0.05, 0.1) is 18.6 Å². The molecule has 5 heteroatoms. The standard InChI is InChI=1S/C17H21NO3S/c1-2-10-20-15-7-5-14(6-8-15)17(19)18-9-12-22-13-16-4-3-11-21-16/h3-8,11H,2,9-10,12-13H2,1H3,(H,18,19). The van der Waals surface area contributed by atoms with E-state index in [0.717, 1.165) is 29.4 Å². The van der Waals surface area contributed by atoms with Crippen LogP contribution in [-0.4, -0.2) is 24.8 Å². The third kappa shape index (κ3) is 5.48. The number of amides is 1. The van der Waals surface area contributed by atoms with Gasteiger partial charge in [0.15, 0.2) is 0 Å². The van der Waals surface area contributed by atoms with Crippen LogP contribution in [0.15, 0.2) is 47.1 Å². The van der Waals surface area contributed by atoms with Crippen LogP contribution in [-0.2, 0) is 5.75 Å². The van der Waals surface area contributed by atoms with Crippen LogP contribution >= 0.6 is 11.8 Å². The molecule has 0 spiro atoms. The molecule has 1 N–H and O–H groups in total. The Bertz CT molecular complexity index is 552. The molecule has 0 aliphatic carbocycles. The lowest BCUT2D eigenvalue weighted by atomic mass is 10.2. The third-order valence-electron chi connectivity index (χ3n) is 2.95. The first kappa shape index (κ1) is 16.5. The second-order valence-corrected chi connectivity index (χ2v) is 5.87. The Morgan fingerprint density at radius 2 is 2.09 bits per heavy atom. The molecule has 0 saturated carbocycles. The summed E-state index contributed by atoms with van der Waals surface area (Å²) in [7, 11) is 0. The minimum Gasteiger partial charge on any atom is -0.494 e. The lowest BCUT2D eigenvalue weighted by molar-refractivity contribution is 0.0956. The van der Waals surface area contributed by atoms with E-state index in [9.17, 15) is 4.79 Å². The fraction of sp³-hybridized carbons (Fsp3) is 0.353. The molecule has 0 radical (unpaired) electrons. The molecule has 0 aliphatic rings. The van der Waals surface area contributed by atoms with E-state index in [1.165, 1.54) is 0 Å². The maximum absolute atomic E-state index is 12.0. The van der Waals surface area contributed by atoms with Crippen molar-refractivity contribution in [3.8, 4) is 5.75 Å². The highest BCUT2D eigenvalue weighted by molar-refractivity contribution is 7.98. The van der Waals surface area contributed by atoms with Crippen molar-refractivity contribution in [1.82, 2.24) is 5.32 Å². The van der Waals surface area contributed by atoms with Crippen molar-refractivity contribution < 1.29 is 13.9 Å². The van der Waals surface area contributed by atoms with E-state index in [-0.39, 0.29) is 5.91 Å². The Morgan fingerprint density at radius 1 is 1.27 bits per heavy atom. The van der Waals surface area contributed by atoms with E-state index in [0.29, 0.717) is 18.7 Å². The van der Waals surface area contributed by atoms with Gasteiger partial charge >= 0.3 is 0 Å². The van der Waals surface area contributed by atoms with Gasteiger partial charge in [0.25, 0.3) is 5.91 Å². The molecule has 0 bridgehead atoms. The number of thioether (sulfide) groups is 1. The zero-order valence-corrected chi connectivity index (χ0v) is 13.5. The van der Waals surface area contributed by atoms with Crippen LogP contribution in [0.2, 0.25) is 0 Å². The monoisotopic (exact) mass is 319 g/mol. The molecule has 2 aromatic rings. The Kier molecular flexibility index (Phi) is 6.90. The molecule has 4 nitrogen and oxygen atoms in total. The molecule has 0 aliphatic heterocycles. The highest BCUT2D eigenvalue weighted by Crippen LogP contribution is 2.13. The summed E-state index contributed by atoms with van der Waals surface area (Å²) in [5, 5.41) is 2.91. The minimum absolute atomic E-state index is 0.0550. The van der Waals surface area contributed by atoms with Gasteiger partial charge in [0, 0.05) is 17.9 Å². The van der Waals surface area contributed by atoms with Crippen LogP contribution in [0.4, 0.5) is 0 Å². The van der Waals surface area contributed by atoms with Gasteiger partial charge in [-0.3, -0.25) is 4.79 Å². The number of hydrogen-bond donors (Lipinski definition) is 1. The van der Waals surface area contributed by atoms with Gasteiger partial charge in [-0.05, 0) is 42.8 Å². The van der Waals surface area contributed by atoms with E-state index in [1.807, 2.05) is 24.3 Å². The molecule has 1 aromatic heterocycles. The summed E-state index contributed by atoms with van der Waals surface area (Å²) in [6.07, 6.45) is 2.64. The van der Waals surface area contributed by atoms with Gasteiger partial charge in [-0.25, -0.2) is 0 Å². The average Bonchev–Trinajstić information content (AvgIpc) is 3.06. The first-order valence-electron chi connectivity index (χ1n) is 7.41. The maximum atomic E-state index is 12.0. The fourth-order valence-electron chi connectivity index (χ4n) is 1.83. The average molecular weight is 319 g/mol. The second-order valence-electron chi connectivity index (χ2n) is 4.76. The lowest BCUT2D eigenvalue weighted by Crippen LogP contribution is -2.25. The Morgan fingerprint density at radius 3 is 2.77 bits per heavy atom. The van der Waals surface area contributed by atoms with Crippen molar-refractivity contribution >= 4 is 17.7 Å². The van der Waals surface area contributed by atoms with E-state index in [1.54, 1.807) is 30.2 Å². The molecular formula is C17H21NO3S. The molecule has 1 heterocycles. The summed E-state index contributed by atoms with van der Waals surface area (Å²) < 4.78 is 10.7. The SMILES string of the molecule is CCCOc1ccc(C(=O)NCCSCc2ccco2)cc1. The minimum atomic E-state index is -0.0550. The van der Waals surface area contributed by atoms with Gasteiger partial charge in [-0.2, -0.15) is 11.8 Å².